The molecule has 0 spiro atoms. The second-order valence-electron chi connectivity index (χ2n) is 5.05. The van der Waals surface area contributed by atoms with E-state index < -0.39 is 12.1 Å². The first-order valence-corrected chi connectivity index (χ1v) is 6.66. The van der Waals surface area contributed by atoms with Gasteiger partial charge in [0, 0.05) is 7.05 Å². The smallest absolute Gasteiger partial charge is 0.354 e. The summed E-state index contributed by atoms with van der Waals surface area (Å²) >= 11 is 0. The van der Waals surface area contributed by atoms with Crippen molar-refractivity contribution in [1.82, 2.24) is 9.88 Å². The SMILES string of the molecule is CN(C(=O)c1cccc(C(=O)O)n1)C1CCCCC1O. The first kappa shape index (κ1) is 14.5. The minimum atomic E-state index is -1.17. The molecule has 2 unspecified atom stereocenters. The number of hydrogen-bond donors (Lipinski definition) is 2. The zero-order valence-electron chi connectivity index (χ0n) is 11.3. The van der Waals surface area contributed by atoms with Crippen LogP contribution in [0.1, 0.15) is 46.7 Å². The van der Waals surface area contributed by atoms with E-state index in [2.05, 4.69) is 4.98 Å². The lowest BCUT2D eigenvalue weighted by Crippen LogP contribution is -2.46. The van der Waals surface area contributed by atoms with Crippen LogP contribution in [0.15, 0.2) is 18.2 Å². The number of aromatic nitrogens is 1. The summed E-state index contributed by atoms with van der Waals surface area (Å²) < 4.78 is 0. The molecule has 0 bridgehead atoms. The Morgan fingerprint density at radius 3 is 2.55 bits per heavy atom. The van der Waals surface area contributed by atoms with Gasteiger partial charge in [-0.1, -0.05) is 18.9 Å². The number of carbonyl (C=O) groups is 2. The number of aliphatic hydroxyl groups excluding tert-OH is 1. The van der Waals surface area contributed by atoms with Crippen LogP contribution in [0.4, 0.5) is 0 Å². The third kappa shape index (κ3) is 2.96. The molecule has 0 radical (unpaired) electrons. The Labute approximate surface area is 117 Å². The fourth-order valence-corrected chi connectivity index (χ4v) is 2.55. The molecule has 6 nitrogen and oxygen atoms in total. The largest absolute Gasteiger partial charge is 0.477 e. The predicted molar refractivity (Wildman–Crippen MR) is 71.6 cm³/mol. The molecule has 0 aliphatic heterocycles. The summed E-state index contributed by atoms with van der Waals surface area (Å²) in [6.07, 6.45) is 2.85. The van der Waals surface area contributed by atoms with Crippen LogP contribution in [0.5, 0.6) is 0 Å². The number of amides is 1. The highest BCUT2D eigenvalue weighted by molar-refractivity contribution is 5.94. The summed E-state index contributed by atoms with van der Waals surface area (Å²) in [7, 11) is 1.62. The first-order valence-electron chi connectivity index (χ1n) is 6.66. The number of carboxylic acid groups (broad SMARTS) is 1. The highest BCUT2D eigenvalue weighted by Crippen LogP contribution is 2.23. The molecule has 0 aromatic carbocycles. The lowest BCUT2D eigenvalue weighted by molar-refractivity contribution is 0.0264. The summed E-state index contributed by atoms with van der Waals surface area (Å²) in [6, 6.07) is 4.09. The second-order valence-corrected chi connectivity index (χ2v) is 5.05. The summed E-state index contributed by atoms with van der Waals surface area (Å²) in [6.45, 7) is 0. The van der Waals surface area contributed by atoms with Crippen molar-refractivity contribution in [3.05, 3.63) is 29.6 Å². The van der Waals surface area contributed by atoms with Gasteiger partial charge in [0.2, 0.25) is 0 Å². The van der Waals surface area contributed by atoms with Gasteiger partial charge < -0.3 is 15.1 Å². The minimum Gasteiger partial charge on any atom is -0.477 e. The molecule has 2 rings (SSSR count). The van der Waals surface area contributed by atoms with Crippen molar-refractivity contribution in [3.8, 4) is 0 Å². The van der Waals surface area contributed by atoms with Gasteiger partial charge in [0.05, 0.1) is 12.1 Å². The first-order chi connectivity index (χ1) is 9.50. The number of aromatic carboxylic acids is 1. The van der Waals surface area contributed by atoms with E-state index in [-0.39, 0.29) is 23.3 Å². The van der Waals surface area contributed by atoms with Crippen LogP contribution in [0, 0.1) is 0 Å². The van der Waals surface area contributed by atoms with Crippen LogP contribution >= 0.6 is 0 Å². The van der Waals surface area contributed by atoms with E-state index in [1.54, 1.807) is 7.05 Å². The number of likely N-dealkylation sites (N-methyl/N-ethyl adjacent to an activating group) is 1. The van der Waals surface area contributed by atoms with Gasteiger partial charge in [-0.2, -0.15) is 0 Å². The van der Waals surface area contributed by atoms with E-state index in [1.165, 1.54) is 23.1 Å². The normalized spacial score (nSPS) is 22.3. The standard InChI is InChI=1S/C14H18N2O4/c1-16(11-7-2-3-8-12(11)17)13(18)9-5-4-6-10(15-9)14(19)20/h4-6,11-12,17H,2-3,7-8H2,1H3,(H,19,20). The Morgan fingerprint density at radius 2 is 1.90 bits per heavy atom. The van der Waals surface area contributed by atoms with Crippen molar-refractivity contribution in [1.29, 1.82) is 0 Å². The van der Waals surface area contributed by atoms with Gasteiger partial charge >= 0.3 is 5.97 Å². The second kappa shape index (κ2) is 6.00. The maximum absolute atomic E-state index is 12.3. The molecule has 1 aromatic rings. The fraction of sp³-hybridized carbons (Fsp3) is 0.500. The molecule has 1 fully saturated rings. The summed E-state index contributed by atoms with van der Waals surface area (Å²) in [5, 5.41) is 18.9. The lowest BCUT2D eigenvalue weighted by Gasteiger charge is -2.35. The molecule has 1 heterocycles. The van der Waals surface area contributed by atoms with Gasteiger partial charge in [-0.15, -0.1) is 0 Å². The highest BCUT2D eigenvalue weighted by atomic mass is 16.4. The summed E-state index contributed by atoms with van der Waals surface area (Å²) in [4.78, 5) is 28.5. The van der Waals surface area contributed by atoms with E-state index in [9.17, 15) is 14.7 Å². The Hall–Kier alpha value is -1.95. The molecule has 2 atom stereocenters. The average Bonchev–Trinajstić information content (AvgIpc) is 2.46. The van der Waals surface area contributed by atoms with Gasteiger partial charge in [-0.05, 0) is 25.0 Å². The third-order valence-corrected chi connectivity index (χ3v) is 3.70. The fourth-order valence-electron chi connectivity index (χ4n) is 2.55. The molecular formula is C14H18N2O4. The molecule has 1 amide bonds. The number of aliphatic hydroxyl groups is 1. The number of rotatable bonds is 3. The maximum atomic E-state index is 12.3. The lowest BCUT2D eigenvalue weighted by atomic mass is 9.91. The van der Waals surface area contributed by atoms with E-state index in [4.69, 9.17) is 5.11 Å². The van der Waals surface area contributed by atoms with Gasteiger partial charge in [0.1, 0.15) is 11.4 Å². The van der Waals surface area contributed by atoms with E-state index in [1.807, 2.05) is 0 Å². The van der Waals surface area contributed by atoms with Crippen molar-refractivity contribution in [3.63, 3.8) is 0 Å². The zero-order chi connectivity index (χ0) is 14.7. The van der Waals surface area contributed by atoms with Crippen LogP contribution in [-0.4, -0.2) is 51.2 Å². The molecule has 1 saturated carbocycles. The Bertz CT molecular complexity index is 518. The molecule has 20 heavy (non-hydrogen) atoms. The van der Waals surface area contributed by atoms with Crippen molar-refractivity contribution < 1.29 is 19.8 Å². The summed E-state index contributed by atoms with van der Waals surface area (Å²) in [5.74, 6) is -1.53. The number of nitrogens with zero attached hydrogens (tertiary/aromatic N) is 2. The van der Waals surface area contributed by atoms with Crippen LogP contribution in [0.2, 0.25) is 0 Å². The van der Waals surface area contributed by atoms with Crippen molar-refractivity contribution in [2.45, 2.75) is 37.8 Å². The van der Waals surface area contributed by atoms with E-state index >= 15 is 0 Å². The molecule has 1 aromatic heterocycles. The van der Waals surface area contributed by atoms with Crippen molar-refractivity contribution in [2.75, 3.05) is 7.05 Å². The van der Waals surface area contributed by atoms with Crippen LogP contribution in [0.3, 0.4) is 0 Å². The van der Waals surface area contributed by atoms with Crippen molar-refractivity contribution in [2.24, 2.45) is 0 Å². The van der Waals surface area contributed by atoms with Crippen LogP contribution in [-0.2, 0) is 0 Å². The summed E-state index contributed by atoms with van der Waals surface area (Å²) in [5.41, 5.74) is -0.0707. The Kier molecular flexibility index (Phi) is 4.34. The molecule has 2 N–H and O–H groups in total. The topological polar surface area (TPSA) is 90.7 Å². The van der Waals surface area contributed by atoms with Gasteiger partial charge in [0.15, 0.2) is 0 Å². The molecule has 1 aliphatic carbocycles. The third-order valence-electron chi connectivity index (χ3n) is 3.70. The molecular weight excluding hydrogens is 260 g/mol. The quantitative estimate of drug-likeness (QED) is 0.865. The Morgan fingerprint density at radius 1 is 1.25 bits per heavy atom. The van der Waals surface area contributed by atoms with Gasteiger partial charge in [0.25, 0.3) is 5.91 Å². The van der Waals surface area contributed by atoms with E-state index in [0.29, 0.717) is 6.42 Å². The average molecular weight is 278 g/mol. The Balaban J connectivity index is 2.17. The monoisotopic (exact) mass is 278 g/mol. The van der Waals surface area contributed by atoms with Gasteiger partial charge in [-0.3, -0.25) is 4.79 Å². The van der Waals surface area contributed by atoms with Gasteiger partial charge in [-0.25, -0.2) is 9.78 Å². The van der Waals surface area contributed by atoms with Crippen LogP contribution in [0.25, 0.3) is 0 Å². The zero-order valence-corrected chi connectivity index (χ0v) is 11.3. The molecule has 6 heteroatoms. The number of carboxylic acids is 1. The minimum absolute atomic E-state index is 0.0881. The molecule has 0 saturated heterocycles. The van der Waals surface area contributed by atoms with Crippen molar-refractivity contribution >= 4 is 11.9 Å². The highest BCUT2D eigenvalue weighted by Gasteiger charge is 2.30. The van der Waals surface area contributed by atoms with Crippen LogP contribution < -0.4 is 0 Å². The number of pyridine rings is 1. The molecule has 108 valence electrons. The maximum Gasteiger partial charge on any atom is 0.354 e. The predicted octanol–water partition coefficient (Wildman–Crippen LogP) is 1.16. The molecule has 1 aliphatic rings. The van der Waals surface area contributed by atoms with E-state index in [0.717, 1.165) is 19.3 Å². The number of carbonyl (C=O) groups excluding carboxylic acids is 1. The number of hydrogen-bond acceptors (Lipinski definition) is 4.